The van der Waals surface area contributed by atoms with Gasteiger partial charge in [0.2, 0.25) is 16.0 Å². The third-order valence-corrected chi connectivity index (χ3v) is 6.42. The Morgan fingerprint density at radius 1 is 1.03 bits per heavy atom. The maximum atomic E-state index is 13.0. The molecule has 3 N–H and O–H groups in total. The predicted octanol–water partition coefficient (Wildman–Crippen LogP) is 4.62. The van der Waals surface area contributed by atoms with Crippen molar-refractivity contribution in [1.82, 2.24) is 14.9 Å². The van der Waals surface area contributed by atoms with Gasteiger partial charge < -0.3 is 20.3 Å². The summed E-state index contributed by atoms with van der Waals surface area (Å²) in [6, 6.07) is 11.9. The largest absolute Gasteiger partial charge is 0.495 e. The zero-order valence-corrected chi connectivity index (χ0v) is 21.5. The van der Waals surface area contributed by atoms with E-state index in [2.05, 4.69) is 25.3 Å². The second-order valence-corrected chi connectivity index (χ2v) is 10.5. The van der Waals surface area contributed by atoms with Gasteiger partial charge in [-0.3, -0.25) is 9.52 Å². The number of sulfonamides is 1. The molecule has 36 heavy (non-hydrogen) atoms. The molecule has 0 unspecified atom stereocenters. The average Bonchev–Trinajstić information content (AvgIpc) is 2.86. The van der Waals surface area contributed by atoms with E-state index in [1.54, 1.807) is 42.5 Å². The van der Waals surface area contributed by atoms with Crippen LogP contribution < -0.4 is 20.1 Å². The van der Waals surface area contributed by atoms with Gasteiger partial charge in [-0.25, -0.2) is 13.4 Å². The van der Waals surface area contributed by atoms with Crippen molar-refractivity contribution in [2.24, 2.45) is 0 Å². The van der Waals surface area contributed by atoms with Crippen LogP contribution in [-0.2, 0) is 10.0 Å². The first-order valence-electron chi connectivity index (χ1n) is 11.3. The second-order valence-electron chi connectivity index (χ2n) is 8.33. The third-order valence-electron chi connectivity index (χ3n) is 5.56. The summed E-state index contributed by atoms with van der Waals surface area (Å²) in [5, 5.41) is 6.38. The summed E-state index contributed by atoms with van der Waals surface area (Å²) >= 11 is 6.32. The summed E-state index contributed by atoms with van der Waals surface area (Å²) in [6.07, 6.45) is 5.63. The number of amides is 1. The smallest absolute Gasteiger partial charge is 0.253 e. The van der Waals surface area contributed by atoms with Crippen LogP contribution in [0, 0.1) is 0 Å². The number of nitrogens with zero attached hydrogens (tertiary/aromatic N) is 3. The maximum Gasteiger partial charge on any atom is 0.253 e. The summed E-state index contributed by atoms with van der Waals surface area (Å²) < 4.78 is 31.4. The summed E-state index contributed by atoms with van der Waals surface area (Å²) in [5.41, 5.74) is 1.86. The first-order chi connectivity index (χ1) is 17.2. The van der Waals surface area contributed by atoms with Gasteiger partial charge in [0, 0.05) is 18.7 Å². The Bertz CT molecular complexity index is 1360. The van der Waals surface area contributed by atoms with Gasteiger partial charge in [-0.2, -0.15) is 4.98 Å². The SMILES string of the molecule is COc1ccc(C(=O)N2CCCCC2)cc1Nc1ncc(Cl)c(Nc2ccccc2NS(C)(=O)=O)n1. The number of aromatic nitrogens is 2. The van der Waals surface area contributed by atoms with Crippen LogP contribution in [0.25, 0.3) is 0 Å². The molecule has 0 saturated carbocycles. The minimum Gasteiger partial charge on any atom is -0.495 e. The molecular weight excluding hydrogens is 504 g/mol. The minimum absolute atomic E-state index is 0.0326. The number of piperidine rings is 1. The Kier molecular flexibility index (Phi) is 7.80. The van der Waals surface area contributed by atoms with Gasteiger partial charge in [-0.15, -0.1) is 0 Å². The molecule has 190 valence electrons. The van der Waals surface area contributed by atoms with Crippen molar-refractivity contribution in [1.29, 1.82) is 0 Å². The fourth-order valence-corrected chi connectivity index (χ4v) is 4.58. The number of methoxy groups -OCH3 is 1. The molecule has 1 saturated heterocycles. The molecule has 3 aromatic rings. The first-order valence-corrected chi connectivity index (χ1v) is 13.6. The van der Waals surface area contributed by atoms with E-state index in [0.717, 1.165) is 38.6 Å². The lowest BCUT2D eigenvalue weighted by Crippen LogP contribution is -2.35. The number of hydrogen-bond acceptors (Lipinski definition) is 8. The molecular formula is C24H27ClN6O4S. The molecule has 10 nitrogen and oxygen atoms in total. The van der Waals surface area contributed by atoms with E-state index in [0.29, 0.717) is 28.4 Å². The van der Waals surface area contributed by atoms with Crippen LogP contribution in [0.5, 0.6) is 5.75 Å². The molecule has 4 rings (SSSR count). The lowest BCUT2D eigenvalue weighted by atomic mass is 10.1. The summed E-state index contributed by atoms with van der Waals surface area (Å²) in [4.78, 5) is 23.5. The fraction of sp³-hybridized carbons (Fsp3) is 0.292. The molecule has 0 radical (unpaired) electrons. The van der Waals surface area contributed by atoms with E-state index in [1.807, 2.05) is 4.90 Å². The van der Waals surface area contributed by atoms with Gasteiger partial charge in [0.15, 0.2) is 5.82 Å². The van der Waals surface area contributed by atoms with Crippen LogP contribution in [0.2, 0.25) is 5.02 Å². The van der Waals surface area contributed by atoms with Crippen LogP contribution in [0.15, 0.2) is 48.7 Å². The second kappa shape index (κ2) is 11.0. The number of halogens is 1. The van der Waals surface area contributed by atoms with Crippen molar-refractivity contribution >= 4 is 56.4 Å². The molecule has 1 aromatic heterocycles. The normalized spacial score (nSPS) is 13.7. The Hall–Kier alpha value is -3.57. The van der Waals surface area contributed by atoms with E-state index >= 15 is 0 Å². The van der Waals surface area contributed by atoms with E-state index < -0.39 is 10.0 Å². The summed E-state index contributed by atoms with van der Waals surface area (Å²) in [5.74, 6) is 0.948. The molecule has 12 heteroatoms. The number of benzene rings is 2. The highest BCUT2D eigenvalue weighted by Crippen LogP contribution is 2.32. The third kappa shape index (κ3) is 6.35. The number of likely N-dealkylation sites (tertiary alicyclic amines) is 1. The summed E-state index contributed by atoms with van der Waals surface area (Å²) in [7, 11) is -1.96. The van der Waals surface area contributed by atoms with Gasteiger partial charge in [0.05, 0.1) is 36.6 Å². The molecule has 0 atom stereocenters. The van der Waals surface area contributed by atoms with Crippen LogP contribution in [0.1, 0.15) is 29.6 Å². The highest BCUT2D eigenvalue weighted by molar-refractivity contribution is 7.92. The highest BCUT2D eigenvalue weighted by Gasteiger charge is 2.20. The van der Waals surface area contributed by atoms with Gasteiger partial charge in [-0.05, 0) is 49.6 Å². The Morgan fingerprint density at radius 3 is 2.44 bits per heavy atom. The van der Waals surface area contributed by atoms with Crippen molar-refractivity contribution in [3.05, 3.63) is 59.2 Å². The standard InChI is InChI=1S/C24H27ClN6O4S/c1-35-21-11-10-16(23(32)31-12-6-3-7-13-31)14-20(21)28-24-26-15-17(25)22(29-24)27-18-8-4-5-9-19(18)30-36(2,33)34/h4-5,8-11,14-15,30H,3,6-7,12-13H2,1-2H3,(H2,26,27,28,29). The van der Waals surface area contributed by atoms with Crippen LogP contribution in [-0.4, -0.2) is 55.6 Å². The Morgan fingerprint density at radius 2 is 1.75 bits per heavy atom. The molecule has 1 fully saturated rings. The highest BCUT2D eigenvalue weighted by atomic mass is 35.5. The number of carbonyl (C=O) groups is 1. The van der Waals surface area contributed by atoms with Crippen molar-refractivity contribution in [2.45, 2.75) is 19.3 Å². The number of hydrogen-bond donors (Lipinski definition) is 3. The lowest BCUT2D eigenvalue weighted by molar-refractivity contribution is 0.0724. The van der Waals surface area contributed by atoms with E-state index in [4.69, 9.17) is 16.3 Å². The molecule has 2 heterocycles. The number of rotatable bonds is 8. The van der Waals surface area contributed by atoms with Crippen LogP contribution in [0.3, 0.4) is 0 Å². The van der Waals surface area contributed by atoms with Crippen molar-refractivity contribution in [3.63, 3.8) is 0 Å². The molecule has 0 spiro atoms. The van der Waals surface area contributed by atoms with Crippen LogP contribution >= 0.6 is 11.6 Å². The topological polar surface area (TPSA) is 126 Å². The van der Waals surface area contributed by atoms with E-state index in [9.17, 15) is 13.2 Å². The molecule has 1 aliphatic heterocycles. The van der Waals surface area contributed by atoms with Crippen molar-refractivity contribution in [2.75, 3.05) is 41.8 Å². The number of para-hydroxylation sites is 2. The number of nitrogens with one attached hydrogen (secondary N) is 3. The fourth-order valence-electron chi connectivity index (χ4n) is 3.86. The number of anilines is 5. The van der Waals surface area contributed by atoms with E-state index in [-0.39, 0.29) is 22.7 Å². The number of carbonyl (C=O) groups excluding carboxylic acids is 1. The molecule has 1 amide bonds. The molecule has 0 bridgehead atoms. The zero-order chi connectivity index (χ0) is 25.7. The summed E-state index contributed by atoms with van der Waals surface area (Å²) in [6.45, 7) is 1.50. The quantitative estimate of drug-likeness (QED) is 0.385. The van der Waals surface area contributed by atoms with Crippen LogP contribution in [0.4, 0.5) is 28.8 Å². The average molecular weight is 531 g/mol. The number of ether oxygens (including phenoxy) is 1. The molecule has 0 aliphatic carbocycles. The Labute approximate surface area is 215 Å². The van der Waals surface area contributed by atoms with Gasteiger partial charge >= 0.3 is 0 Å². The molecule has 1 aliphatic rings. The van der Waals surface area contributed by atoms with Crippen molar-refractivity contribution < 1.29 is 17.9 Å². The van der Waals surface area contributed by atoms with Crippen molar-refractivity contribution in [3.8, 4) is 5.75 Å². The maximum absolute atomic E-state index is 13.0. The van der Waals surface area contributed by atoms with Gasteiger partial charge in [0.25, 0.3) is 5.91 Å². The van der Waals surface area contributed by atoms with Gasteiger partial charge in [-0.1, -0.05) is 23.7 Å². The zero-order valence-electron chi connectivity index (χ0n) is 19.9. The lowest BCUT2D eigenvalue weighted by Gasteiger charge is -2.27. The predicted molar refractivity (Wildman–Crippen MR) is 141 cm³/mol. The monoisotopic (exact) mass is 530 g/mol. The molecule has 2 aromatic carbocycles. The Balaban J connectivity index is 1.59. The first kappa shape index (κ1) is 25.5. The van der Waals surface area contributed by atoms with E-state index in [1.165, 1.54) is 13.3 Å². The van der Waals surface area contributed by atoms with Gasteiger partial charge in [0.1, 0.15) is 10.8 Å². The minimum atomic E-state index is -3.49.